The van der Waals surface area contributed by atoms with E-state index in [1.807, 2.05) is 12.1 Å². The maximum Gasteiger partial charge on any atom is 0.255 e. The summed E-state index contributed by atoms with van der Waals surface area (Å²) in [6.07, 6.45) is 5.68. The lowest BCUT2D eigenvalue weighted by Gasteiger charge is -2.14. The summed E-state index contributed by atoms with van der Waals surface area (Å²) >= 11 is 1.52. The number of rotatable bonds is 3. The molecule has 4 rings (SSSR count). The van der Waals surface area contributed by atoms with Crippen molar-refractivity contribution in [2.75, 3.05) is 23.3 Å². The second kappa shape index (κ2) is 5.92. The number of aromatic nitrogens is 3. The first-order chi connectivity index (χ1) is 11.3. The highest BCUT2D eigenvalue weighted by molar-refractivity contribution is 7.16. The number of carbonyl (C=O) groups excluding carboxylic acids is 1. The number of hydrogen-bond donors (Lipinski definition) is 1. The van der Waals surface area contributed by atoms with Crippen LogP contribution in [0.5, 0.6) is 0 Å². The summed E-state index contributed by atoms with van der Waals surface area (Å²) in [6, 6.07) is 5.48. The van der Waals surface area contributed by atoms with Gasteiger partial charge in [-0.25, -0.2) is 15.0 Å². The van der Waals surface area contributed by atoms with Crippen LogP contribution in [0.2, 0.25) is 0 Å². The number of hydrogen-bond acceptors (Lipinski definition) is 6. The van der Waals surface area contributed by atoms with E-state index in [4.69, 9.17) is 0 Å². The van der Waals surface area contributed by atoms with Crippen LogP contribution in [0.4, 0.5) is 11.6 Å². The lowest BCUT2D eigenvalue weighted by molar-refractivity contribution is 0.102. The van der Waals surface area contributed by atoms with E-state index in [0.717, 1.165) is 29.3 Å². The van der Waals surface area contributed by atoms with E-state index in [-0.39, 0.29) is 5.91 Å². The van der Waals surface area contributed by atoms with Gasteiger partial charge in [-0.3, -0.25) is 4.79 Å². The van der Waals surface area contributed by atoms with Crippen LogP contribution in [0.25, 0.3) is 10.2 Å². The third-order valence-corrected chi connectivity index (χ3v) is 4.67. The standard InChI is InChI=1S/C16H15N5OS/c22-15(11-3-4-13-14(7-11)23-10-19-13)20-12-8-17-16(18-9-12)21-5-1-2-6-21/h3-4,7-10H,1-2,5-6H2,(H,20,22). The summed E-state index contributed by atoms with van der Waals surface area (Å²) in [5, 5.41) is 2.83. The van der Waals surface area contributed by atoms with Gasteiger partial charge in [0, 0.05) is 18.7 Å². The third kappa shape index (κ3) is 2.87. The number of benzene rings is 1. The zero-order chi connectivity index (χ0) is 15.6. The van der Waals surface area contributed by atoms with E-state index in [2.05, 4.69) is 25.2 Å². The molecule has 0 aliphatic carbocycles. The molecular formula is C16H15N5OS. The highest BCUT2D eigenvalue weighted by atomic mass is 32.1. The molecule has 3 heterocycles. The molecule has 1 aliphatic heterocycles. The van der Waals surface area contributed by atoms with Crippen molar-refractivity contribution in [2.24, 2.45) is 0 Å². The lowest BCUT2D eigenvalue weighted by Crippen LogP contribution is -2.20. The van der Waals surface area contributed by atoms with Gasteiger partial charge in [-0.15, -0.1) is 11.3 Å². The molecular weight excluding hydrogens is 310 g/mol. The molecule has 0 spiro atoms. The van der Waals surface area contributed by atoms with Crippen molar-refractivity contribution in [1.82, 2.24) is 15.0 Å². The first-order valence-electron chi connectivity index (χ1n) is 7.51. The summed E-state index contributed by atoms with van der Waals surface area (Å²) in [5.74, 6) is 0.560. The molecule has 1 fully saturated rings. The van der Waals surface area contributed by atoms with Crippen LogP contribution in [0, 0.1) is 0 Å². The second-order valence-corrected chi connectivity index (χ2v) is 6.34. The third-order valence-electron chi connectivity index (χ3n) is 3.88. The summed E-state index contributed by atoms with van der Waals surface area (Å²) in [5.41, 5.74) is 3.88. The number of amides is 1. The number of anilines is 2. The fourth-order valence-corrected chi connectivity index (χ4v) is 3.38. The zero-order valence-corrected chi connectivity index (χ0v) is 13.2. The van der Waals surface area contributed by atoms with E-state index in [1.165, 1.54) is 24.2 Å². The molecule has 7 heteroatoms. The molecule has 0 saturated carbocycles. The van der Waals surface area contributed by atoms with Crippen molar-refractivity contribution in [1.29, 1.82) is 0 Å². The molecule has 116 valence electrons. The molecule has 0 unspecified atom stereocenters. The first-order valence-corrected chi connectivity index (χ1v) is 8.39. The van der Waals surface area contributed by atoms with E-state index < -0.39 is 0 Å². The van der Waals surface area contributed by atoms with Gasteiger partial charge in [0.25, 0.3) is 5.91 Å². The molecule has 6 nitrogen and oxygen atoms in total. The van der Waals surface area contributed by atoms with Gasteiger partial charge in [0.05, 0.1) is 33.8 Å². The van der Waals surface area contributed by atoms with Crippen molar-refractivity contribution >= 4 is 39.1 Å². The second-order valence-electron chi connectivity index (χ2n) is 5.45. The van der Waals surface area contributed by atoms with Gasteiger partial charge in [-0.05, 0) is 31.0 Å². The van der Waals surface area contributed by atoms with Crippen molar-refractivity contribution < 1.29 is 4.79 Å². The Morgan fingerprint density at radius 3 is 2.70 bits per heavy atom. The smallest absolute Gasteiger partial charge is 0.255 e. The van der Waals surface area contributed by atoms with Gasteiger partial charge in [-0.2, -0.15) is 0 Å². The fraction of sp³-hybridized carbons (Fsp3) is 0.250. The van der Waals surface area contributed by atoms with Crippen molar-refractivity contribution in [2.45, 2.75) is 12.8 Å². The summed E-state index contributed by atoms with van der Waals surface area (Å²) in [7, 11) is 0. The molecule has 1 saturated heterocycles. The summed E-state index contributed by atoms with van der Waals surface area (Å²) in [4.78, 5) is 27.4. The minimum atomic E-state index is -0.169. The number of nitrogens with zero attached hydrogens (tertiary/aromatic N) is 4. The quantitative estimate of drug-likeness (QED) is 0.801. The van der Waals surface area contributed by atoms with Crippen molar-refractivity contribution in [3.05, 3.63) is 41.7 Å². The lowest BCUT2D eigenvalue weighted by atomic mass is 10.2. The highest BCUT2D eigenvalue weighted by Gasteiger charge is 2.15. The molecule has 3 aromatic rings. The van der Waals surface area contributed by atoms with Gasteiger partial charge in [0.1, 0.15) is 0 Å². The van der Waals surface area contributed by atoms with E-state index in [1.54, 1.807) is 24.0 Å². The normalized spacial score (nSPS) is 14.3. The molecule has 1 aliphatic rings. The highest BCUT2D eigenvalue weighted by Crippen LogP contribution is 2.20. The van der Waals surface area contributed by atoms with E-state index in [9.17, 15) is 4.79 Å². The van der Waals surface area contributed by atoms with Crippen molar-refractivity contribution in [3.8, 4) is 0 Å². The molecule has 0 radical (unpaired) electrons. The number of nitrogens with one attached hydrogen (secondary N) is 1. The first kappa shape index (κ1) is 14.1. The molecule has 0 atom stereocenters. The Balaban J connectivity index is 1.49. The fourth-order valence-electron chi connectivity index (χ4n) is 2.67. The zero-order valence-electron chi connectivity index (χ0n) is 12.4. The number of carbonyl (C=O) groups is 1. The average Bonchev–Trinajstić information content (AvgIpc) is 3.26. The molecule has 2 aromatic heterocycles. The molecule has 0 bridgehead atoms. The van der Waals surface area contributed by atoms with Crippen molar-refractivity contribution in [3.63, 3.8) is 0 Å². The maximum atomic E-state index is 12.3. The topological polar surface area (TPSA) is 71.0 Å². The Hall–Kier alpha value is -2.54. The van der Waals surface area contributed by atoms with Gasteiger partial charge < -0.3 is 10.2 Å². The number of thiazole rings is 1. The van der Waals surface area contributed by atoms with Crippen LogP contribution in [-0.2, 0) is 0 Å². The summed E-state index contributed by atoms with van der Waals surface area (Å²) in [6.45, 7) is 2.00. The molecule has 1 aromatic carbocycles. The van der Waals surface area contributed by atoms with Gasteiger partial charge in [0.15, 0.2) is 0 Å². The summed E-state index contributed by atoms with van der Waals surface area (Å²) < 4.78 is 0.998. The molecule has 23 heavy (non-hydrogen) atoms. The minimum Gasteiger partial charge on any atom is -0.341 e. The largest absolute Gasteiger partial charge is 0.341 e. The average molecular weight is 325 g/mol. The van der Waals surface area contributed by atoms with Gasteiger partial charge in [-0.1, -0.05) is 0 Å². The minimum absolute atomic E-state index is 0.169. The van der Waals surface area contributed by atoms with Crippen LogP contribution >= 0.6 is 11.3 Å². The predicted molar refractivity (Wildman–Crippen MR) is 91.1 cm³/mol. The van der Waals surface area contributed by atoms with Crippen LogP contribution in [-0.4, -0.2) is 33.9 Å². The Labute approximate surface area is 137 Å². The Kier molecular flexibility index (Phi) is 3.63. The predicted octanol–water partition coefficient (Wildman–Crippen LogP) is 2.94. The van der Waals surface area contributed by atoms with Gasteiger partial charge in [0.2, 0.25) is 5.95 Å². The Bertz CT molecular complexity index is 839. The Morgan fingerprint density at radius 1 is 1.13 bits per heavy atom. The van der Waals surface area contributed by atoms with Gasteiger partial charge >= 0.3 is 0 Å². The van der Waals surface area contributed by atoms with E-state index in [0.29, 0.717) is 11.3 Å². The molecule has 1 N–H and O–H groups in total. The van der Waals surface area contributed by atoms with E-state index >= 15 is 0 Å². The van der Waals surface area contributed by atoms with Crippen LogP contribution < -0.4 is 10.2 Å². The maximum absolute atomic E-state index is 12.3. The monoisotopic (exact) mass is 325 g/mol. The van der Waals surface area contributed by atoms with Crippen LogP contribution in [0.1, 0.15) is 23.2 Å². The molecule has 1 amide bonds. The Morgan fingerprint density at radius 2 is 1.91 bits per heavy atom. The SMILES string of the molecule is O=C(Nc1cnc(N2CCCC2)nc1)c1ccc2ncsc2c1. The van der Waals surface area contributed by atoms with Crippen LogP contribution in [0.3, 0.4) is 0 Å². The number of fused-ring (bicyclic) bond motifs is 1. The van der Waals surface area contributed by atoms with Crippen LogP contribution in [0.15, 0.2) is 36.1 Å².